The van der Waals surface area contributed by atoms with Gasteiger partial charge in [0.05, 0.1) is 0 Å². The number of hydrogen-bond donors (Lipinski definition) is 2. The van der Waals surface area contributed by atoms with Crippen molar-refractivity contribution >= 4 is 22.2 Å². The number of nitrogens with zero attached hydrogens (tertiary/aromatic N) is 3. The lowest BCUT2D eigenvalue weighted by molar-refractivity contribution is 0.433. The van der Waals surface area contributed by atoms with Gasteiger partial charge in [-0.05, 0) is 39.4 Å². The molecule has 140 valence electrons. The average molecular weight is 378 g/mol. The van der Waals surface area contributed by atoms with E-state index in [0.29, 0.717) is 6.42 Å². The van der Waals surface area contributed by atoms with Crippen LogP contribution in [-0.2, 0) is 10.0 Å². The van der Waals surface area contributed by atoms with Crippen LogP contribution in [0.25, 0.3) is 0 Å². The van der Waals surface area contributed by atoms with E-state index in [2.05, 4.69) is 27.2 Å². The number of unbranched alkanes of at least 4 members (excludes halogenated alkanes) is 6. The Kier molecular flexibility index (Phi) is 8.52. The van der Waals surface area contributed by atoms with Crippen molar-refractivity contribution in [3.8, 4) is 0 Å². The molecule has 0 spiro atoms. The Morgan fingerprint density at radius 1 is 1.17 bits per heavy atom. The Balaban J connectivity index is 2.71. The van der Waals surface area contributed by atoms with Crippen molar-refractivity contribution in [2.45, 2.75) is 90.0 Å². The Morgan fingerprint density at radius 3 is 2.25 bits per heavy atom. The molecule has 0 fully saturated rings. The second-order valence-electron chi connectivity index (χ2n) is 7.21. The van der Waals surface area contributed by atoms with E-state index < -0.39 is 20.9 Å². The van der Waals surface area contributed by atoms with Crippen molar-refractivity contribution < 1.29 is 8.42 Å². The van der Waals surface area contributed by atoms with E-state index in [4.69, 9.17) is 12.2 Å². The van der Waals surface area contributed by atoms with Gasteiger partial charge in [0.15, 0.2) is 5.37 Å². The predicted molar refractivity (Wildman–Crippen MR) is 98.7 cm³/mol. The minimum Gasteiger partial charge on any atom is -0.222 e. The molecule has 0 amide bonds. The maximum atomic E-state index is 12.7. The second-order valence-corrected chi connectivity index (χ2v) is 9.42. The highest BCUT2D eigenvalue weighted by molar-refractivity contribution is 7.89. The van der Waals surface area contributed by atoms with Gasteiger partial charge in [-0.2, -0.15) is 5.21 Å². The van der Waals surface area contributed by atoms with E-state index >= 15 is 0 Å². The predicted octanol–water partition coefficient (Wildman–Crippen LogP) is 3.69. The lowest BCUT2D eigenvalue weighted by atomic mass is 10.1. The van der Waals surface area contributed by atoms with Gasteiger partial charge < -0.3 is 0 Å². The smallest absolute Gasteiger partial charge is 0.222 e. The highest BCUT2D eigenvalue weighted by Crippen LogP contribution is 2.23. The van der Waals surface area contributed by atoms with Crippen LogP contribution in [0.4, 0.5) is 0 Å². The third kappa shape index (κ3) is 7.40. The molecule has 0 radical (unpaired) electrons. The number of sulfonamides is 1. The molecule has 1 aromatic rings. The Morgan fingerprint density at radius 2 is 1.75 bits per heavy atom. The summed E-state index contributed by atoms with van der Waals surface area (Å²) in [6.07, 6.45) is 8.40. The van der Waals surface area contributed by atoms with Crippen molar-refractivity contribution in [1.82, 2.24) is 24.9 Å². The molecule has 1 aromatic heterocycles. The van der Waals surface area contributed by atoms with Crippen LogP contribution in [0.2, 0.25) is 0 Å². The average Bonchev–Trinajstić information content (AvgIpc) is 2.85. The van der Waals surface area contributed by atoms with E-state index in [1.165, 1.54) is 30.4 Å². The molecule has 0 bridgehead atoms. The highest BCUT2D eigenvalue weighted by atomic mass is 32.2. The first-order valence-corrected chi connectivity index (χ1v) is 10.6. The summed E-state index contributed by atoms with van der Waals surface area (Å²) in [5, 5.41) is 9.12. The maximum absolute atomic E-state index is 12.7. The number of aromatic nitrogens is 4. The van der Waals surface area contributed by atoms with E-state index in [0.717, 1.165) is 19.3 Å². The molecule has 0 aliphatic rings. The monoisotopic (exact) mass is 377 g/mol. The minimum atomic E-state index is -3.59. The van der Waals surface area contributed by atoms with Crippen LogP contribution >= 0.6 is 12.2 Å². The van der Waals surface area contributed by atoms with Crippen LogP contribution < -0.4 is 4.72 Å². The molecule has 0 saturated heterocycles. The van der Waals surface area contributed by atoms with Crippen LogP contribution in [0.3, 0.4) is 0 Å². The summed E-state index contributed by atoms with van der Waals surface area (Å²) in [4.78, 5) is 0. The molecule has 24 heavy (non-hydrogen) atoms. The number of rotatable bonds is 11. The van der Waals surface area contributed by atoms with Crippen LogP contribution in [0.1, 0.15) is 84.4 Å². The van der Waals surface area contributed by atoms with E-state index in [-0.39, 0.29) is 4.77 Å². The molecule has 9 heteroatoms. The van der Waals surface area contributed by atoms with E-state index in [1.54, 1.807) is 0 Å². The van der Waals surface area contributed by atoms with Gasteiger partial charge in [-0.15, -0.1) is 0 Å². The fourth-order valence-corrected chi connectivity index (χ4v) is 4.75. The zero-order valence-corrected chi connectivity index (χ0v) is 16.8. The summed E-state index contributed by atoms with van der Waals surface area (Å²) in [5.74, 6) is 0. The topological polar surface area (TPSA) is 92.7 Å². The largest absolute Gasteiger partial charge is 0.239 e. The summed E-state index contributed by atoms with van der Waals surface area (Å²) in [7, 11) is -3.59. The van der Waals surface area contributed by atoms with Crippen LogP contribution in [0.5, 0.6) is 0 Å². The first kappa shape index (κ1) is 21.2. The van der Waals surface area contributed by atoms with E-state index in [9.17, 15) is 8.42 Å². The molecule has 0 aromatic carbocycles. The molecule has 0 aliphatic carbocycles. The van der Waals surface area contributed by atoms with Gasteiger partial charge in [-0.25, -0.2) is 17.8 Å². The van der Waals surface area contributed by atoms with Crippen molar-refractivity contribution in [2.24, 2.45) is 0 Å². The van der Waals surface area contributed by atoms with Crippen molar-refractivity contribution in [1.29, 1.82) is 0 Å². The molecule has 2 N–H and O–H groups in total. The van der Waals surface area contributed by atoms with E-state index in [1.807, 2.05) is 20.8 Å². The lowest BCUT2D eigenvalue weighted by Gasteiger charge is -2.25. The number of H-pyrrole nitrogens is 1. The van der Waals surface area contributed by atoms with Gasteiger partial charge in [0, 0.05) is 5.54 Å². The number of aromatic amines is 1. The van der Waals surface area contributed by atoms with Gasteiger partial charge in [-0.3, -0.25) is 0 Å². The second kappa shape index (κ2) is 9.62. The quantitative estimate of drug-likeness (QED) is 0.453. The molecule has 1 heterocycles. The maximum Gasteiger partial charge on any atom is 0.239 e. The standard InChI is InChI=1S/C15H31N5O2S2/c1-5-6-7-8-9-10-11-12-13(20-14(23)16-18-19-20)24(21,22)17-15(2,3)4/h13,17H,5-12H2,1-4H3,(H,16,19,23). The third-order valence-electron chi connectivity index (χ3n) is 3.64. The molecule has 7 nitrogen and oxygen atoms in total. The van der Waals surface area contributed by atoms with Crippen LogP contribution in [-0.4, -0.2) is 34.2 Å². The van der Waals surface area contributed by atoms with Crippen molar-refractivity contribution in [2.75, 3.05) is 0 Å². The molecule has 0 saturated carbocycles. The van der Waals surface area contributed by atoms with Crippen molar-refractivity contribution in [3.05, 3.63) is 4.77 Å². The van der Waals surface area contributed by atoms with Gasteiger partial charge >= 0.3 is 0 Å². The number of hydrogen-bond acceptors (Lipinski definition) is 5. The molecule has 1 atom stereocenters. The lowest BCUT2D eigenvalue weighted by Crippen LogP contribution is -2.44. The first-order chi connectivity index (χ1) is 11.2. The summed E-state index contributed by atoms with van der Waals surface area (Å²) in [6, 6.07) is 0. The zero-order valence-electron chi connectivity index (χ0n) is 15.2. The zero-order chi connectivity index (χ0) is 18.2. The molecular weight excluding hydrogens is 346 g/mol. The Bertz CT molecular complexity index is 631. The van der Waals surface area contributed by atoms with Crippen LogP contribution in [0.15, 0.2) is 0 Å². The molecule has 1 unspecified atom stereocenters. The molecule has 0 aliphatic heterocycles. The summed E-state index contributed by atoms with van der Waals surface area (Å²) in [6.45, 7) is 7.65. The van der Waals surface area contributed by atoms with Gasteiger partial charge in [-0.1, -0.05) is 62.2 Å². The summed E-state index contributed by atoms with van der Waals surface area (Å²) < 4.78 is 29.7. The van der Waals surface area contributed by atoms with Gasteiger partial charge in [0.2, 0.25) is 14.8 Å². The number of tetrazole rings is 1. The Hall–Kier alpha value is -0.800. The minimum absolute atomic E-state index is 0.155. The SMILES string of the molecule is CCCCCCCCCC(n1[nH]nnc1=S)S(=O)(=O)NC(C)(C)C. The fraction of sp³-hybridized carbons (Fsp3) is 0.933. The normalized spacial score (nSPS) is 14.0. The molecule has 1 rings (SSSR count). The Labute approximate surface area is 150 Å². The summed E-state index contributed by atoms with van der Waals surface area (Å²) in [5.41, 5.74) is -0.549. The van der Waals surface area contributed by atoms with Gasteiger partial charge in [0.25, 0.3) is 0 Å². The molecular formula is C15H31N5O2S2. The fourth-order valence-electron chi connectivity index (χ4n) is 2.59. The number of nitrogens with one attached hydrogen (secondary N) is 2. The first-order valence-electron chi connectivity index (χ1n) is 8.70. The van der Waals surface area contributed by atoms with Crippen LogP contribution in [0, 0.1) is 4.77 Å². The highest BCUT2D eigenvalue weighted by Gasteiger charge is 2.31. The summed E-state index contributed by atoms with van der Waals surface area (Å²) >= 11 is 5.09. The van der Waals surface area contributed by atoms with Gasteiger partial charge in [0.1, 0.15) is 0 Å². The third-order valence-corrected chi connectivity index (χ3v) is 5.98. The van der Waals surface area contributed by atoms with Crippen molar-refractivity contribution in [3.63, 3.8) is 0 Å².